The number of hydrogen-bond donors (Lipinski definition) is 1. The molecule has 0 saturated carbocycles. The van der Waals surface area contributed by atoms with Crippen molar-refractivity contribution >= 4 is 15.9 Å². The fourth-order valence-corrected chi connectivity index (χ4v) is 1.83. The predicted molar refractivity (Wildman–Crippen MR) is 64.5 cm³/mol. The van der Waals surface area contributed by atoms with E-state index in [1.807, 2.05) is 0 Å². The van der Waals surface area contributed by atoms with E-state index < -0.39 is 23.6 Å². The van der Waals surface area contributed by atoms with Crippen molar-refractivity contribution in [3.63, 3.8) is 0 Å². The maximum absolute atomic E-state index is 13.5. The van der Waals surface area contributed by atoms with Crippen LogP contribution in [0.2, 0.25) is 0 Å². The molecule has 5 heteroatoms. The zero-order valence-electron chi connectivity index (χ0n) is 9.00. The van der Waals surface area contributed by atoms with Crippen LogP contribution in [0.4, 0.5) is 13.2 Å². The van der Waals surface area contributed by atoms with Crippen LogP contribution in [0.15, 0.2) is 40.9 Å². The van der Waals surface area contributed by atoms with E-state index in [1.165, 1.54) is 12.1 Å². The van der Waals surface area contributed by atoms with Gasteiger partial charge in [0.05, 0.1) is 4.47 Å². The Bertz CT molecular complexity index is 586. The van der Waals surface area contributed by atoms with Crippen LogP contribution >= 0.6 is 15.9 Å². The molecule has 0 aliphatic rings. The summed E-state index contributed by atoms with van der Waals surface area (Å²) in [6.45, 7) is 0. The third-order valence-electron chi connectivity index (χ3n) is 2.51. The second kappa shape index (κ2) is 5.12. The van der Waals surface area contributed by atoms with Crippen molar-refractivity contribution in [2.24, 2.45) is 0 Å². The van der Waals surface area contributed by atoms with E-state index in [2.05, 4.69) is 15.9 Å². The standard InChI is InChI=1S/C13H8BrF3O/c14-10-3-1-7(5-12(10)17)13(18)9-6-8(15)2-4-11(9)16/h1-6,13,18H. The molecule has 18 heavy (non-hydrogen) atoms. The zero-order chi connectivity index (χ0) is 13.3. The minimum absolute atomic E-state index is 0.153. The van der Waals surface area contributed by atoms with Crippen molar-refractivity contribution in [2.75, 3.05) is 0 Å². The molecule has 0 saturated heterocycles. The molecule has 1 atom stereocenters. The highest BCUT2D eigenvalue weighted by molar-refractivity contribution is 9.10. The first-order chi connectivity index (χ1) is 8.49. The smallest absolute Gasteiger partial charge is 0.137 e. The third kappa shape index (κ3) is 2.57. The van der Waals surface area contributed by atoms with Gasteiger partial charge in [-0.2, -0.15) is 0 Å². The van der Waals surface area contributed by atoms with Crippen molar-refractivity contribution in [1.82, 2.24) is 0 Å². The highest BCUT2D eigenvalue weighted by Crippen LogP contribution is 2.27. The number of aliphatic hydroxyl groups is 1. The van der Waals surface area contributed by atoms with Gasteiger partial charge >= 0.3 is 0 Å². The van der Waals surface area contributed by atoms with Crippen LogP contribution in [-0.2, 0) is 0 Å². The summed E-state index contributed by atoms with van der Waals surface area (Å²) in [4.78, 5) is 0. The molecule has 1 unspecified atom stereocenters. The molecule has 0 fully saturated rings. The largest absolute Gasteiger partial charge is 0.384 e. The van der Waals surface area contributed by atoms with Crippen LogP contribution in [0.5, 0.6) is 0 Å². The van der Waals surface area contributed by atoms with Gasteiger partial charge in [-0.1, -0.05) is 6.07 Å². The Balaban J connectivity index is 2.44. The molecule has 0 spiro atoms. The van der Waals surface area contributed by atoms with Gasteiger partial charge in [-0.05, 0) is 51.8 Å². The van der Waals surface area contributed by atoms with E-state index in [-0.39, 0.29) is 15.6 Å². The number of benzene rings is 2. The lowest BCUT2D eigenvalue weighted by Crippen LogP contribution is -2.03. The third-order valence-corrected chi connectivity index (χ3v) is 3.16. The van der Waals surface area contributed by atoms with Gasteiger partial charge in [0.25, 0.3) is 0 Å². The Hall–Kier alpha value is -1.33. The Kier molecular flexibility index (Phi) is 3.73. The fraction of sp³-hybridized carbons (Fsp3) is 0.0769. The van der Waals surface area contributed by atoms with Crippen molar-refractivity contribution in [1.29, 1.82) is 0 Å². The Morgan fingerprint density at radius 3 is 2.33 bits per heavy atom. The molecule has 0 radical (unpaired) electrons. The predicted octanol–water partition coefficient (Wildman–Crippen LogP) is 3.95. The summed E-state index contributed by atoms with van der Waals surface area (Å²) in [5.74, 6) is -1.99. The summed E-state index contributed by atoms with van der Waals surface area (Å²) in [7, 11) is 0. The Morgan fingerprint density at radius 2 is 1.67 bits per heavy atom. The molecule has 0 aromatic heterocycles. The van der Waals surface area contributed by atoms with E-state index in [1.54, 1.807) is 0 Å². The minimum atomic E-state index is -1.41. The van der Waals surface area contributed by atoms with Gasteiger partial charge < -0.3 is 5.11 Å². The lowest BCUT2D eigenvalue weighted by atomic mass is 10.0. The number of hydrogen-bond acceptors (Lipinski definition) is 1. The van der Waals surface area contributed by atoms with E-state index >= 15 is 0 Å². The van der Waals surface area contributed by atoms with E-state index in [0.717, 1.165) is 24.3 Å². The van der Waals surface area contributed by atoms with E-state index in [4.69, 9.17) is 0 Å². The Morgan fingerprint density at radius 1 is 0.944 bits per heavy atom. The monoisotopic (exact) mass is 316 g/mol. The van der Waals surface area contributed by atoms with E-state index in [9.17, 15) is 18.3 Å². The molecule has 2 aromatic carbocycles. The average molecular weight is 317 g/mol. The second-order valence-corrected chi connectivity index (χ2v) is 4.60. The molecule has 2 rings (SSSR count). The van der Waals surface area contributed by atoms with Crippen molar-refractivity contribution < 1.29 is 18.3 Å². The van der Waals surface area contributed by atoms with Gasteiger partial charge in [-0.15, -0.1) is 0 Å². The molecule has 1 N–H and O–H groups in total. The molecule has 0 heterocycles. The average Bonchev–Trinajstić information content (AvgIpc) is 2.35. The van der Waals surface area contributed by atoms with Gasteiger partial charge in [-0.3, -0.25) is 0 Å². The van der Waals surface area contributed by atoms with Crippen LogP contribution < -0.4 is 0 Å². The van der Waals surface area contributed by atoms with Gasteiger partial charge in [0, 0.05) is 5.56 Å². The highest BCUT2D eigenvalue weighted by atomic mass is 79.9. The summed E-state index contributed by atoms with van der Waals surface area (Å²) in [6.07, 6.45) is -1.41. The van der Waals surface area contributed by atoms with Crippen molar-refractivity contribution in [3.05, 3.63) is 69.4 Å². The summed E-state index contributed by atoms with van der Waals surface area (Å²) in [6, 6.07) is 6.66. The first-order valence-electron chi connectivity index (χ1n) is 5.07. The maximum atomic E-state index is 13.5. The molecule has 0 bridgehead atoms. The summed E-state index contributed by atoms with van der Waals surface area (Å²) < 4.78 is 40.0. The van der Waals surface area contributed by atoms with E-state index in [0.29, 0.717) is 0 Å². The van der Waals surface area contributed by atoms with Crippen LogP contribution in [-0.4, -0.2) is 5.11 Å². The number of rotatable bonds is 2. The quantitative estimate of drug-likeness (QED) is 0.889. The zero-order valence-corrected chi connectivity index (χ0v) is 10.6. The Labute approximate surface area is 110 Å². The van der Waals surface area contributed by atoms with Gasteiger partial charge in [-0.25, -0.2) is 13.2 Å². The van der Waals surface area contributed by atoms with Crippen molar-refractivity contribution in [2.45, 2.75) is 6.10 Å². The second-order valence-electron chi connectivity index (χ2n) is 3.74. The molecule has 94 valence electrons. The maximum Gasteiger partial charge on any atom is 0.137 e. The normalized spacial score (nSPS) is 12.5. The molecule has 2 aromatic rings. The minimum Gasteiger partial charge on any atom is -0.384 e. The number of aliphatic hydroxyl groups excluding tert-OH is 1. The SMILES string of the molecule is OC(c1ccc(Br)c(F)c1)c1cc(F)ccc1F. The van der Waals surface area contributed by atoms with Crippen LogP contribution in [0, 0.1) is 17.5 Å². The first kappa shape index (κ1) is 13.1. The topological polar surface area (TPSA) is 20.2 Å². The summed E-state index contributed by atoms with van der Waals surface area (Å²) >= 11 is 2.97. The highest BCUT2D eigenvalue weighted by Gasteiger charge is 2.17. The summed E-state index contributed by atoms with van der Waals surface area (Å²) in [5, 5.41) is 9.92. The summed E-state index contributed by atoms with van der Waals surface area (Å²) in [5.41, 5.74) is -0.0723. The lowest BCUT2D eigenvalue weighted by Gasteiger charge is -2.13. The van der Waals surface area contributed by atoms with Crippen LogP contribution in [0.3, 0.4) is 0 Å². The molecule has 0 aliphatic heterocycles. The molecular formula is C13H8BrF3O. The fourth-order valence-electron chi connectivity index (χ4n) is 1.59. The van der Waals surface area contributed by atoms with Gasteiger partial charge in [0.1, 0.15) is 23.6 Å². The van der Waals surface area contributed by atoms with Gasteiger partial charge in [0.15, 0.2) is 0 Å². The molecule has 0 amide bonds. The van der Waals surface area contributed by atoms with Crippen LogP contribution in [0.25, 0.3) is 0 Å². The molecular weight excluding hydrogens is 309 g/mol. The number of halogens is 4. The van der Waals surface area contributed by atoms with Gasteiger partial charge in [0.2, 0.25) is 0 Å². The molecule has 0 aliphatic carbocycles. The lowest BCUT2D eigenvalue weighted by molar-refractivity contribution is 0.214. The van der Waals surface area contributed by atoms with Crippen LogP contribution in [0.1, 0.15) is 17.2 Å². The molecule has 1 nitrogen and oxygen atoms in total. The van der Waals surface area contributed by atoms with Crippen molar-refractivity contribution in [3.8, 4) is 0 Å². The first-order valence-corrected chi connectivity index (χ1v) is 5.86.